The summed E-state index contributed by atoms with van der Waals surface area (Å²) < 4.78 is 32.0. The quantitative estimate of drug-likeness (QED) is 0.789. The van der Waals surface area contributed by atoms with Gasteiger partial charge in [0.2, 0.25) is 5.89 Å². The number of amides is 1. The summed E-state index contributed by atoms with van der Waals surface area (Å²) in [6.07, 6.45) is 0. The highest BCUT2D eigenvalue weighted by atomic mass is 19.1. The van der Waals surface area contributed by atoms with Gasteiger partial charge in [-0.15, -0.1) is 0 Å². The lowest BCUT2D eigenvalue weighted by Crippen LogP contribution is -2.14. The highest BCUT2D eigenvalue weighted by Crippen LogP contribution is 2.22. The van der Waals surface area contributed by atoms with E-state index in [0.717, 1.165) is 17.7 Å². The zero-order valence-corrected chi connectivity index (χ0v) is 12.1. The van der Waals surface area contributed by atoms with Gasteiger partial charge in [-0.05, 0) is 31.2 Å². The molecule has 6 heteroatoms. The van der Waals surface area contributed by atoms with Gasteiger partial charge in [-0.25, -0.2) is 13.8 Å². The molecule has 0 fully saturated rings. The molecule has 0 bridgehead atoms. The molecule has 23 heavy (non-hydrogen) atoms. The molecular weight excluding hydrogens is 302 g/mol. The van der Waals surface area contributed by atoms with Crippen molar-refractivity contribution >= 4 is 11.6 Å². The molecule has 0 unspecified atom stereocenters. The molecule has 0 radical (unpaired) electrons. The first-order valence-electron chi connectivity index (χ1n) is 6.84. The number of halogens is 2. The van der Waals surface area contributed by atoms with E-state index in [1.165, 1.54) is 0 Å². The van der Waals surface area contributed by atoms with Crippen LogP contribution < -0.4 is 5.32 Å². The van der Waals surface area contributed by atoms with Crippen molar-refractivity contribution in [3.8, 4) is 11.5 Å². The van der Waals surface area contributed by atoms with Crippen LogP contribution in [0, 0.1) is 18.6 Å². The van der Waals surface area contributed by atoms with Crippen LogP contribution >= 0.6 is 0 Å². The third-order valence-corrected chi connectivity index (χ3v) is 3.21. The van der Waals surface area contributed by atoms with Crippen LogP contribution in [0.25, 0.3) is 11.5 Å². The minimum absolute atomic E-state index is 0.0487. The number of carbonyl (C=O) groups excluding carboxylic acids is 1. The number of carbonyl (C=O) groups is 1. The molecule has 0 atom stereocenters. The third kappa shape index (κ3) is 3.11. The number of rotatable bonds is 3. The predicted molar refractivity (Wildman–Crippen MR) is 81.0 cm³/mol. The van der Waals surface area contributed by atoms with E-state index in [-0.39, 0.29) is 11.4 Å². The Labute approximate surface area is 130 Å². The van der Waals surface area contributed by atoms with E-state index in [1.54, 1.807) is 19.1 Å². The Kier molecular flexibility index (Phi) is 3.89. The summed E-state index contributed by atoms with van der Waals surface area (Å²) in [6, 6.07) is 12.0. The Morgan fingerprint density at radius 1 is 1.13 bits per heavy atom. The topological polar surface area (TPSA) is 55.1 Å². The van der Waals surface area contributed by atoms with Gasteiger partial charge in [0.15, 0.2) is 5.69 Å². The second-order valence-corrected chi connectivity index (χ2v) is 4.87. The molecule has 0 spiro atoms. The summed E-state index contributed by atoms with van der Waals surface area (Å²) in [5.41, 5.74) is 0.648. The lowest BCUT2D eigenvalue weighted by molar-refractivity contribution is 0.102. The number of oxazole rings is 1. The molecule has 2 aromatic carbocycles. The second kappa shape index (κ2) is 6.00. The van der Waals surface area contributed by atoms with Gasteiger partial charge < -0.3 is 9.73 Å². The molecule has 1 aromatic heterocycles. The first-order chi connectivity index (χ1) is 11.0. The summed E-state index contributed by atoms with van der Waals surface area (Å²) in [7, 11) is 0. The standard InChI is InChI=1S/C17H12F2N2O2/c1-10-15(21-17(23-10)11-5-3-2-4-6-11)16(22)20-14-8-7-12(18)9-13(14)19/h2-9H,1H3,(H,20,22). The van der Waals surface area contributed by atoms with Crippen molar-refractivity contribution in [2.24, 2.45) is 0 Å². The summed E-state index contributed by atoms with van der Waals surface area (Å²) >= 11 is 0. The fourth-order valence-electron chi connectivity index (χ4n) is 2.08. The predicted octanol–water partition coefficient (Wildman–Crippen LogP) is 4.18. The Morgan fingerprint density at radius 2 is 1.87 bits per heavy atom. The van der Waals surface area contributed by atoms with E-state index < -0.39 is 17.5 Å². The van der Waals surface area contributed by atoms with Crippen LogP contribution in [-0.4, -0.2) is 10.9 Å². The van der Waals surface area contributed by atoms with Gasteiger partial charge in [0.25, 0.3) is 5.91 Å². The van der Waals surface area contributed by atoms with E-state index in [1.807, 2.05) is 18.2 Å². The van der Waals surface area contributed by atoms with Crippen molar-refractivity contribution in [1.29, 1.82) is 0 Å². The number of nitrogens with one attached hydrogen (secondary N) is 1. The summed E-state index contributed by atoms with van der Waals surface area (Å²) in [4.78, 5) is 16.4. The fraction of sp³-hybridized carbons (Fsp3) is 0.0588. The first kappa shape index (κ1) is 14.9. The van der Waals surface area contributed by atoms with Crippen molar-refractivity contribution in [2.45, 2.75) is 6.92 Å². The van der Waals surface area contributed by atoms with Crippen molar-refractivity contribution in [3.63, 3.8) is 0 Å². The van der Waals surface area contributed by atoms with Crippen LogP contribution in [0.5, 0.6) is 0 Å². The van der Waals surface area contributed by atoms with Gasteiger partial charge in [0, 0.05) is 11.6 Å². The highest BCUT2D eigenvalue weighted by Gasteiger charge is 2.19. The lowest BCUT2D eigenvalue weighted by Gasteiger charge is -2.04. The van der Waals surface area contributed by atoms with Crippen molar-refractivity contribution in [3.05, 3.63) is 71.6 Å². The van der Waals surface area contributed by atoms with Gasteiger partial charge in [0.05, 0.1) is 5.69 Å². The molecule has 3 rings (SSSR count). The highest BCUT2D eigenvalue weighted by molar-refractivity contribution is 6.03. The van der Waals surface area contributed by atoms with Crippen LogP contribution in [0.15, 0.2) is 52.9 Å². The van der Waals surface area contributed by atoms with Gasteiger partial charge in [0.1, 0.15) is 17.4 Å². The van der Waals surface area contributed by atoms with Crippen LogP contribution in [0.3, 0.4) is 0 Å². The molecule has 0 aliphatic carbocycles. The van der Waals surface area contributed by atoms with E-state index in [2.05, 4.69) is 10.3 Å². The Hall–Kier alpha value is -3.02. The number of aryl methyl sites for hydroxylation is 1. The minimum Gasteiger partial charge on any atom is -0.441 e. The largest absolute Gasteiger partial charge is 0.441 e. The van der Waals surface area contributed by atoms with Crippen LogP contribution in [0.2, 0.25) is 0 Å². The minimum atomic E-state index is -0.859. The van der Waals surface area contributed by atoms with Crippen LogP contribution in [0.1, 0.15) is 16.2 Å². The molecule has 4 nitrogen and oxygen atoms in total. The lowest BCUT2D eigenvalue weighted by atomic mass is 10.2. The van der Waals surface area contributed by atoms with Gasteiger partial charge >= 0.3 is 0 Å². The maximum atomic E-state index is 13.6. The average molecular weight is 314 g/mol. The van der Waals surface area contributed by atoms with Gasteiger partial charge in [-0.2, -0.15) is 0 Å². The fourth-order valence-corrected chi connectivity index (χ4v) is 2.08. The number of anilines is 1. The maximum Gasteiger partial charge on any atom is 0.278 e. The zero-order chi connectivity index (χ0) is 16.4. The number of benzene rings is 2. The van der Waals surface area contributed by atoms with Crippen molar-refractivity contribution in [1.82, 2.24) is 4.98 Å². The molecule has 0 aliphatic heterocycles. The molecule has 1 N–H and O–H groups in total. The maximum absolute atomic E-state index is 13.6. The van der Waals surface area contributed by atoms with Gasteiger partial charge in [-0.1, -0.05) is 18.2 Å². The van der Waals surface area contributed by atoms with Crippen molar-refractivity contribution in [2.75, 3.05) is 5.32 Å². The molecular formula is C17H12F2N2O2. The van der Waals surface area contributed by atoms with E-state index in [0.29, 0.717) is 17.7 Å². The molecule has 116 valence electrons. The summed E-state index contributed by atoms with van der Waals surface area (Å²) in [5.74, 6) is -1.59. The smallest absolute Gasteiger partial charge is 0.278 e. The van der Waals surface area contributed by atoms with E-state index >= 15 is 0 Å². The number of aromatic nitrogens is 1. The SMILES string of the molecule is Cc1oc(-c2ccccc2)nc1C(=O)Nc1ccc(F)cc1F. The molecule has 1 heterocycles. The number of nitrogens with zero attached hydrogens (tertiary/aromatic N) is 1. The average Bonchev–Trinajstić information content (AvgIpc) is 2.93. The van der Waals surface area contributed by atoms with Crippen molar-refractivity contribution < 1.29 is 18.0 Å². The molecule has 3 aromatic rings. The third-order valence-electron chi connectivity index (χ3n) is 3.21. The molecule has 0 saturated carbocycles. The van der Waals surface area contributed by atoms with Crippen LogP contribution in [0.4, 0.5) is 14.5 Å². The first-order valence-corrected chi connectivity index (χ1v) is 6.84. The molecule has 0 saturated heterocycles. The summed E-state index contributed by atoms with van der Waals surface area (Å²) in [6.45, 7) is 1.59. The normalized spacial score (nSPS) is 10.6. The Morgan fingerprint density at radius 3 is 2.57 bits per heavy atom. The Balaban J connectivity index is 1.87. The second-order valence-electron chi connectivity index (χ2n) is 4.87. The van der Waals surface area contributed by atoms with Crippen LogP contribution in [-0.2, 0) is 0 Å². The van der Waals surface area contributed by atoms with E-state index in [4.69, 9.17) is 4.42 Å². The Bertz CT molecular complexity index is 860. The van der Waals surface area contributed by atoms with Gasteiger partial charge in [-0.3, -0.25) is 4.79 Å². The van der Waals surface area contributed by atoms with E-state index in [9.17, 15) is 13.6 Å². The summed E-state index contributed by atoms with van der Waals surface area (Å²) in [5, 5.41) is 2.36. The monoisotopic (exact) mass is 314 g/mol. The number of hydrogen-bond donors (Lipinski definition) is 1. The number of hydrogen-bond acceptors (Lipinski definition) is 3. The molecule has 1 amide bonds. The molecule has 0 aliphatic rings. The zero-order valence-electron chi connectivity index (χ0n) is 12.1.